The van der Waals surface area contributed by atoms with Gasteiger partial charge in [0.2, 0.25) is 0 Å². The number of methoxy groups -OCH3 is 1. The highest BCUT2D eigenvalue weighted by molar-refractivity contribution is 6.13. The molecule has 0 N–H and O–H groups in total. The minimum absolute atomic E-state index is 0.169. The minimum Gasteiger partial charge on any atom is -0.468 e. The number of aliphatic imine (C=N–C) groups is 1. The van der Waals surface area contributed by atoms with Gasteiger partial charge in [-0.2, -0.15) is 0 Å². The van der Waals surface area contributed by atoms with Crippen LogP contribution in [0.1, 0.15) is 56.8 Å². The quantitative estimate of drug-likeness (QED) is 0.189. The fraction of sp³-hybridized carbons (Fsp3) is 0.333. The molecule has 0 radical (unpaired) electrons. The molecule has 2 unspecified atom stereocenters. The smallest absolute Gasteiger partial charge is 0.311 e. The Labute approximate surface area is 208 Å². The van der Waals surface area contributed by atoms with E-state index in [9.17, 15) is 4.79 Å². The lowest BCUT2D eigenvalue weighted by Crippen LogP contribution is -2.31. The number of rotatable bonds is 10. The summed E-state index contributed by atoms with van der Waals surface area (Å²) in [6.07, 6.45) is 0.585. The number of esters is 1. The summed E-state index contributed by atoms with van der Waals surface area (Å²) < 4.78 is 16.4. The standard InChI is InChI=1S/C30H35NO4/c1-6-26(29(32)35-30(2,3)4)28(24-17-19-25(20-18-24)34-21-33-5)31-27(22-13-9-7-10-14-22)23-15-11-8-12-16-23/h7-20,26,28H,6,21H2,1-5H3. The topological polar surface area (TPSA) is 57.1 Å². The van der Waals surface area contributed by atoms with E-state index >= 15 is 0 Å². The Morgan fingerprint density at radius 2 is 1.40 bits per heavy atom. The Kier molecular flexibility index (Phi) is 9.21. The summed E-state index contributed by atoms with van der Waals surface area (Å²) in [5.74, 6) is -0.0219. The molecule has 2 atom stereocenters. The van der Waals surface area contributed by atoms with Crippen LogP contribution in [0.15, 0.2) is 89.9 Å². The molecule has 3 aromatic rings. The number of hydrogen-bond acceptors (Lipinski definition) is 5. The van der Waals surface area contributed by atoms with Gasteiger partial charge in [0, 0.05) is 18.2 Å². The molecular formula is C30H35NO4. The van der Waals surface area contributed by atoms with E-state index in [0.717, 1.165) is 22.4 Å². The first-order valence-electron chi connectivity index (χ1n) is 12.0. The van der Waals surface area contributed by atoms with Gasteiger partial charge in [0.05, 0.1) is 17.7 Å². The number of carbonyl (C=O) groups excluding carboxylic acids is 1. The predicted molar refractivity (Wildman–Crippen MR) is 140 cm³/mol. The zero-order chi connectivity index (χ0) is 25.3. The maximum atomic E-state index is 13.3. The van der Waals surface area contributed by atoms with Gasteiger partial charge in [0.15, 0.2) is 6.79 Å². The molecule has 3 aromatic carbocycles. The maximum absolute atomic E-state index is 13.3. The van der Waals surface area contributed by atoms with Crippen LogP contribution in [0.2, 0.25) is 0 Å². The highest BCUT2D eigenvalue weighted by Gasteiger charge is 2.32. The molecule has 0 aliphatic rings. The van der Waals surface area contributed by atoms with Crippen LogP contribution in [0.4, 0.5) is 0 Å². The van der Waals surface area contributed by atoms with Crippen molar-refractivity contribution in [3.8, 4) is 5.75 Å². The summed E-state index contributed by atoms with van der Waals surface area (Å²) in [5, 5.41) is 0. The Bertz CT molecular complexity index is 1050. The fourth-order valence-electron chi connectivity index (χ4n) is 3.83. The van der Waals surface area contributed by atoms with Crippen LogP contribution in [-0.4, -0.2) is 31.2 Å². The third-order valence-electron chi connectivity index (χ3n) is 5.46. The number of hydrogen-bond donors (Lipinski definition) is 0. The van der Waals surface area contributed by atoms with Crippen molar-refractivity contribution in [1.29, 1.82) is 0 Å². The van der Waals surface area contributed by atoms with Crippen LogP contribution in [0, 0.1) is 5.92 Å². The molecule has 0 spiro atoms. The molecule has 0 fully saturated rings. The highest BCUT2D eigenvalue weighted by atomic mass is 16.7. The van der Waals surface area contributed by atoms with E-state index in [1.807, 2.05) is 113 Å². The van der Waals surface area contributed by atoms with Crippen LogP contribution in [0.5, 0.6) is 5.75 Å². The van der Waals surface area contributed by atoms with Crippen LogP contribution >= 0.6 is 0 Å². The van der Waals surface area contributed by atoms with Crippen molar-refractivity contribution >= 4 is 11.7 Å². The van der Waals surface area contributed by atoms with E-state index in [1.54, 1.807) is 7.11 Å². The van der Waals surface area contributed by atoms with Crippen molar-refractivity contribution in [3.63, 3.8) is 0 Å². The molecule has 184 valence electrons. The summed E-state index contributed by atoms with van der Waals surface area (Å²) >= 11 is 0. The molecule has 5 heteroatoms. The average molecular weight is 474 g/mol. The number of benzene rings is 3. The lowest BCUT2D eigenvalue weighted by molar-refractivity contribution is -0.160. The van der Waals surface area contributed by atoms with Gasteiger partial charge in [-0.25, -0.2) is 0 Å². The van der Waals surface area contributed by atoms with Gasteiger partial charge in [-0.3, -0.25) is 9.79 Å². The molecule has 35 heavy (non-hydrogen) atoms. The SMILES string of the molecule is CCC(C(=O)OC(C)(C)C)C(N=C(c1ccccc1)c1ccccc1)c1ccc(OCOC)cc1. The minimum atomic E-state index is -0.585. The van der Waals surface area contributed by atoms with Crippen LogP contribution in [-0.2, 0) is 14.3 Å². The first kappa shape index (κ1) is 26.2. The largest absolute Gasteiger partial charge is 0.468 e. The normalized spacial score (nSPS) is 12.9. The third-order valence-corrected chi connectivity index (χ3v) is 5.46. The Morgan fingerprint density at radius 1 is 0.857 bits per heavy atom. The summed E-state index contributed by atoms with van der Waals surface area (Å²) in [7, 11) is 1.58. The Morgan fingerprint density at radius 3 is 1.86 bits per heavy atom. The molecule has 5 nitrogen and oxygen atoms in total. The predicted octanol–water partition coefficient (Wildman–Crippen LogP) is 6.62. The average Bonchev–Trinajstić information content (AvgIpc) is 2.85. The lowest BCUT2D eigenvalue weighted by Gasteiger charge is -2.28. The summed E-state index contributed by atoms with van der Waals surface area (Å²) in [6, 6.07) is 27.3. The van der Waals surface area contributed by atoms with Gasteiger partial charge >= 0.3 is 5.97 Å². The van der Waals surface area contributed by atoms with E-state index < -0.39 is 17.6 Å². The van der Waals surface area contributed by atoms with Crippen molar-refractivity contribution in [3.05, 3.63) is 102 Å². The maximum Gasteiger partial charge on any atom is 0.311 e. The van der Waals surface area contributed by atoms with Gasteiger partial charge in [0.25, 0.3) is 0 Å². The molecule has 0 amide bonds. The van der Waals surface area contributed by atoms with Crippen LogP contribution in [0.25, 0.3) is 0 Å². The molecule has 0 bridgehead atoms. The molecule has 0 aliphatic heterocycles. The van der Waals surface area contributed by atoms with E-state index in [0.29, 0.717) is 12.2 Å². The van der Waals surface area contributed by atoms with Crippen LogP contribution < -0.4 is 4.74 Å². The second kappa shape index (κ2) is 12.3. The number of ether oxygens (including phenoxy) is 3. The van der Waals surface area contributed by atoms with E-state index in [4.69, 9.17) is 19.2 Å². The van der Waals surface area contributed by atoms with Crippen molar-refractivity contribution in [1.82, 2.24) is 0 Å². The zero-order valence-corrected chi connectivity index (χ0v) is 21.2. The van der Waals surface area contributed by atoms with Crippen molar-refractivity contribution < 1.29 is 19.0 Å². The first-order chi connectivity index (χ1) is 16.8. The van der Waals surface area contributed by atoms with Crippen molar-refractivity contribution in [2.24, 2.45) is 10.9 Å². The number of nitrogens with zero attached hydrogens (tertiary/aromatic N) is 1. The molecule has 0 aliphatic carbocycles. The summed E-state index contributed by atoms with van der Waals surface area (Å²) in [6.45, 7) is 7.83. The monoisotopic (exact) mass is 473 g/mol. The zero-order valence-electron chi connectivity index (χ0n) is 21.2. The second-order valence-corrected chi connectivity index (χ2v) is 9.32. The van der Waals surface area contributed by atoms with Crippen molar-refractivity contribution in [2.75, 3.05) is 13.9 Å². The molecule has 0 heterocycles. The molecule has 3 rings (SSSR count). The highest BCUT2D eigenvalue weighted by Crippen LogP contribution is 2.33. The van der Waals surface area contributed by atoms with Gasteiger partial charge in [-0.1, -0.05) is 79.7 Å². The first-order valence-corrected chi connectivity index (χ1v) is 12.0. The van der Waals surface area contributed by atoms with Gasteiger partial charge in [-0.05, 0) is 44.9 Å². The summed E-state index contributed by atoms with van der Waals surface area (Å²) in [4.78, 5) is 18.6. The second-order valence-electron chi connectivity index (χ2n) is 9.32. The van der Waals surface area contributed by atoms with Crippen LogP contribution in [0.3, 0.4) is 0 Å². The van der Waals surface area contributed by atoms with Gasteiger partial charge in [0.1, 0.15) is 11.4 Å². The molecular weight excluding hydrogens is 438 g/mol. The lowest BCUT2D eigenvalue weighted by atomic mass is 9.90. The molecule has 0 aromatic heterocycles. The molecule has 0 saturated carbocycles. The van der Waals surface area contributed by atoms with Gasteiger partial charge < -0.3 is 14.2 Å². The van der Waals surface area contributed by atoms with E-state index in [-0.39, 0.29) is 12.8 Å². The Balaban J connectivity index is 2.13. The fourth-order valence-corrected chi connectivity index (χ4v) is 3.83. The van der Waals surface area contributed by atoms with E-state index in [1.165, 1.54) is 0 Å². The van der Waals surface area contributed by atoms with Crippen molar-refractivity contribution in [2.45, 2.75) is 45.8 Å². The third kappa shape index (κ3) is 7.52. The summed E-state index contributed by atoms with van der Waals surface area (Å²) in [5.41, 5.74) is 3.14. The number of carbonyl (C=O) groups is 1. The van der Waals surface area contributed by atoms with E-state index in [2.05, 4.69) is 0 Å². The Hall–Kier alpha value is -3.44. The molecule has 0 saturated heterocycles. The van der Waals surface area contributed by atoms with Gasteiger partial charge in [-0.15, -0.1) is 0 Å².